The first kappa shape index (κ1) is 14.3. The molecule has 0 aliphatic carbocycles. The first-order valence-electron chi connectivity index (χ1n) is 5.45. The average molecular weight is 344 g/mol. The van der Waals surface area contributed by atoms with Gasteiger partial charge in [-0.1, -0.05) is 0 Å². The lowest BCUT2D eigenvalue weighted by atomic mass is 10.2. The molecule has 2 aromatic rings. The highest BCUT2D eigenvalue weighted by Crippen LogP contribution is 2.29. The molecular formula is C12H8BrF2N3O2. The Balaban J connectivity index is 2.24. The summed E-state index contributed by atoms with van der Waals surface area (Å²) in [5.74, 6) is -2.02. The molecule has 0 aliphatic heterocycles. The summed E-state index contributed by atoms with van der Waals surface area (Å²) < 4.78 is 27.4. The summed E-state index contributed by atoms with van der Waals surface area (Å²) in [6.45, 7) is 0.0800. The highest BCUT2D eigenvalue weighted by Gasteiger charge is 2.20. The third kappa shape index (κ3) is 3.27. The molecule has 0 spiro atoms. The first-order chi connectivity index (χ1) is 9.47. The van der Waals surface area contributed by atoms with E-state index in [9.17, 15) is 18.9 Å². The number of hydrogen-bond donors (Lipinski definition) is 1. The van der Waals surface area contributed by atoms with Gasteiger partial charge in [-0.05, 0) is 28.1 Å². The number of benzene rings is 1. The second kappa shape index (κ2) is 5.91. The summed E-state index contributed by atoms with van der Waals surface area (Å²) in [5.41, 5.74) is -0.452. The van der Waals surface area contributed by atoms with Crippen molar-refractivity contribution in [2.24, 2.45) is 0 Å². The molecule has 0 aliphatic rings. The van der Waals surface area contributed by atoms with Gasteiger partial charge >= 0.3 is 0 Å². The van der Waals surface area contributed by atoms with Crippen molar-refractivity contribution >= 4 is 27.3 Å². The van der Waals surface area contributed by atoms with Gasteiger partial charge in [0.15, 0.2) is 5.82 Å². The Bertz CT molecular complexity index is 650. The van der Waals surface area contributed by atoms with Crippen molar-refractivity contribution in [1.29, 1.82) is 0 Å². The number of pyridine rings is 1. The van der Waals surface area contributed by atoms with Crippen molar-refractivity contribution in [3.05, 3.63) is 62.4 Å². The van der Waals surface area contributed by atoms with Crippen LogP contribution < -0.4 is 5.32 Å². The molecule has 0 amide bonds. The molecule has 0 saturated heterocycles. The number of aromatic nitrogens is 1. The number of rotatable bonds is 4. The maximum Gasteiger partial charge on any atom is 0.298 e. The average Bonchev–Trinajstić information content (AvgIpc) is 2.38. The minimum atomic E-state index is -1.02. The second-order valence-corrected chi connectivity index (χ2v) is 4.78. The summed E-state index contributed by atoms with van der Waals surface area (Å²) in [4.78, 5) is 14.0. The normalized spacial score (nSPS) is 10.3. The monoisotopic (exact) mass is 343 g/mol. The predicted octanol–water partition coefficient (Wildman–Crippen LogP) is 3.64. The van der Waals surface area contributed by atoms with Crippen LogP contribution in [0.5, 0.6) is 0 Å². The first-order valence-corrected chi connectivity index (χ1v) is 6.24. The summed E-state index contributed by atoms with van der Waals surface area (Å²) in [5, 5.41) is 13.4. The van der Waals surface area contributed by atoms with Crippen LogP contribution >= 0.6 is 15.9 Å². The molecule has 0 radical (unpaired) electrons. The van der Waals surface area contributed by atoms with E-state index in [1.54, 1.807) is 18.3 Å². The molecule has 1 aromatic heterocycles. The SMILES string of the molecule is O=[N+]([O-])c1cc(F)cc(F)c1NCc1ccc(Br)cn1. The van der Waals surface area contributed by atoms with Gasteiger partial charge in [0.05, 0.1) is 23.2 Å². The number of nitrogens with one attached hydrogen (secondary N) is 1. The van der Waals surface area contributed by atoms with E-state index in [0.29, 0.717) is 17.8 Å². The molecule has 0 saturated carbocycles. The van der Waals surface area contributed by atoms with Gasteiger partial charge in [0, 0.05) is 16.7 Å². The lowest BCUT2D eigenvalue weighted by Gasteiger charge is -2.08. The number of nitro groups is 1. The van der Waals surface area contributed by atoms with E-state index in [0.717, 1.165) is 4.47 Å². The van der Waals surface area contributed by atoms with Gasteiger partial charge < -0.3 is 5.32 Å². The molecule has 104 valence electrons. The molecule has 2 rings (SSSR count). The minimum absolute atomic E-state index is 0.0800. The van der Waals surface area contributed by atoms with Crippen LogP contribution in [0.3, 0.4) is 0 Å². The van der Waals surface area contributed by atoms with Crippen LogP contribution in [-0.2, 0) is 6.54 Å². The third-order valence-electron chi connectivity index (χ3n) is 2.47. The smallest absolute Gasteiger partial charge is 0.298 e. The molecular weight excluding hydrogens is 336 g/mol. The maximum atomic E-state index is 13.6. The van der Waals surface area contributed by atoms with Crippen LogP contribution in [0.2, 0.25) is 0 Å². The van der Waals surface area contributed by atoms with Crippen molar-refractivity contribution in [2.45, 2.75) is 6.54 Å². The summed E-state index contributed by atoms with van der Waals surface area (Å²) in [7, 11) is 0. The van der Waals surface area contributed by atoms with Crippen LogP contribution in [-0.4, -0.2) is 9.91 Å². The zero-order valence-corrected chi connectivity index (χ0v) is 11.5. The van der Waals surface area contributed by atoms with E-state index in [1.165, 1.54) is 0 Å². The third-order valence-corrected chi connectivity index (χ3v) is 2.93. The molecule has 1 heterocycles. The van der Waals surface area contributed by atoms with E-state index in [1.807, 2.05) is 0 Å². The molecule has 0 atom stereocenters. The van der Waals surface area contributed by atoms with Gasteiger partial charge in [0.1, 0.15) is 11.5 Å². The van der Waals surface area contributed by atoms with Crippen molar-refractivity contribution in [3.8, 4) is 0 Å². The fourth-order valence-electron chi connectivity index (χ4n) is 1.57. The molecule has 1 N–H and O–H groups in total. The van der Waals surface area contributed by atoms with Crippen molar-refractivity contribution in [2.75, 3.05) is 5.32 Å². The fraction of sp³-hybridized carbons (Fsp3) is 0.0833. The number of halogens is 3. The van der Waals surface area contributed by atoms with Gasteiger partial charge in [0.2, 0.25) is 0 Å². The second-order valence-electron chi connectivity index (χ2n) is 3.86. The van der Waals surface area contributed by atoms with Crippen molar-refractivity contribution in [1.82, 2.24) is 4.98 Å². The Hall–Kier alpha value is -2.09. The molecule has 8 heteroatoms. The Morgan fingerprint density at radius 3 is 2.70 bits per heavy atom. The maximum absolute atomic E-state index is 13.6. The van der Waals surface area contributed by atoms with Crippen LogP contribution in [0.25, 0.3) is 0 Å². The van der Waals surface area contributed by atoms with Crippen LogP contribution in [0.4, 0.5) is 20.2 Å². The molecule has 20 heavy (non-hydrogen) atoms. The summed E-state index contributed by atoms with van der Waals surface area (Å²) in [6, 6.07) is 4.66. The lowest BCUT2D eigenvalue weighted by Crippen LogP contribution is -2.06. The highest BCUT2D eigenvalue weighted by molar-refractivity contribution is 9.10. The lowest BCUT2D eigenvalue weighted by molar-refractivity contribution is -0.384. The van der Waals surface area contributed by atoms with Gasteiger partial charge in [-0.3, -0.25) is 15.1 Å². The van der Waals surface area contributed by atoms with Crippen LogP contribution in [0, 0.1) is 21.7 Å². The fourth-order valence-corrected chi connectivity index (χ4v) is 1.80. The van der Waals surface area contributed by atoms with E-state index in [4.69, 9.17) is 0 Å². The molecule has 5 nitrogen and oxygen atoms in total. The van der Waals surface area contributed by atoms with Crippen LogP contribution in [0.15, 0.2) is 34.9 Å². The standard InChI is InChI=1S/C12H8BrF2N3O2/c13-7-1-2-9(16-5-7)6-17-12-10(15)3-8(14)4-11(12)18(19)20/h1-5,17H,6H2. The van der Waals surface area contributed by atoms with E-state index in [-0.39, 0.29) is 12.2 Å². The Kier molecular flexibility index (Phi) is 4.23. The van der Waals surface area contributed by atoms with Crippen molar-refractivity contribution in [3.63, 3.8) is 0 Å². The van der Waals surface area contributed by atoms with Gasteiger partial charge in [0.25, 0.3) is 5.69 Å². The Labute approximate surface area is 120 Å². The zero-order valence-electron chi connectivity index (χ0n) is 9.94. The van der Waals surface area contributed by atoms with E-state index < -0.39 is 22.2 Å². The largest absolute Gasteiger partial charge is 0.371 e. The van der Waals surface area contributed by atoms with Gasteiger partial charge in [-0.25, -0.2) is 8.78 Å². The van der Waals surface area contributed by atoms with Crippen molar-refractivity contribution < 1.29 is 13.7 Å². The number of nitro benzene ring substituents is 1. The number of anilines is 1. The number of nitrogens with zero attached hydrogens (tertiary/aromatic N) is 2. The molecule has 0 fully saturated rings. The summed E-state index contributed by atoms with van der Waals surface area (Å²) in [6.07, 6.45) is 1.55. The Morgan fingerprint density at radius 2 is 2.10 bits per heavy atom. The van der Waals surface area contributed by atoms with Gasteiger partial charge in [-0.2, -0.15) is 0 Å². The topological polar surface area (TPSA) is 68.1 Å². The predicted molar refractivity (Wildman–Crippen MR) is 72.3 cm³/mol. The van der Waals surface area contributed by atoms with E-state index in [2.05, 4.69) is 26.2 Å². The molecule has 0 unspecified atom stereocenters. The minimum Gasteiger partial charge on any atom is -0.371 e. The Morgan fingerprint density at radius 1 is 1.35 bits per heavy atom. The number of hydrogen-bond acceptors (Lipinski definition) is 4. The quantitative estimate of drug-likeness (QED) is 0.679. The van der Waals surface area contributed by atoms with Crippen LogP contribution in [0.1, 0.15) is 5.69 Å². The molecule has 1 aromatic carbocycles. The zero-order chi connectivity index (χ0) is 14.7. The highest BCUT2D eigenvalue weighted by atomic mass is 79.9. The van der Waals surface area contributed by atoms with E-state index >= 15 is 0 Å². The van der Waals surface area contributed by atoms with Gasteiger partial charge in [-0.15, -0.1) is 0 Å². The molecule has 0 bridgehead atoms. The summed E-state index contributed by atoms with van der Waals surface area (Å²) >= 11 is 3.22.